The zero-order valence-corrected chi connectivity index (χ0v) is 12.9. The summed E-state index contributed by atoms with van der Waals surface area (Å²) in [6.07, 6.45) is 3.11. The van der Waals surface area contributed by atoms with Crippen LogP contribution < -0.4 is 10.6 Å². The number of carbonyl (C=O) groups is 2. The van der Waals surface area contributed by atoms with Crippen LogP contribution in [0.1, 0.15) is 31.1 Å². The smallest absolute Gasteiger partial charge is 0.257 e. The van der Waals surface area contributed by atoms with Crippen LogP contribution in [0.4, 0.5) is 11.4 Å². The molecule has 0 aliphatic heterocycles. The standard InChI is InChI=1S/C17H19N3O2/c1-17(2,3)16(22)20-14-8-4-7-13(10-14)19-15(21)12-6-5-9-18-11-12/h4-11H,1-3H3,(H,19,21)(H,20,22). The Kier molecular flexibility index (Phi) is 4.56. The Labute approximate surface area is 129 Å². The first kappa shape index (κ1) is 15.7. The highest BCUT2D eigenvalue weighted by atomic mass is 16.2. The highest BCUT2D eigenvalue weighted by Gasteiger charge is 2.21. The van der Waals surface area contributed by atoms with E-state index in [1.807, 2.05) is 20.8 Å². The third-order valence-electron chi connectivity index (χ3n) is 2.98. The summed E-state index contributed by atoms with van der Waals surface area (Å²) in [6, 6.07) is 10.4. The summed E-state index contributed by atoms with van der Waals surface area (Å²) in [6.45, 7) is 5.53. The van der Waals surface area contributed by atoms with E-state index in [1.165, 1.54) is 6.20 Å². The van der Waals surface area contributed by atoms with E-state index in [9.17, 15) is 9.59 Å². The van der Waals surface area contributed by atoms with Gasteiger partial charge in [-0.25, -0.2) is 0 Å². The number of nitrogens with one attached hydrogen (secondary N) is 2. The van der Waals surface area contributed by atoms with Gasteiger partial charge in [-0.3, -0.25) is 14.6 Å². The Balaban J connectivity index is 2.09. The van der Waals surface area contributed by atoms with E-state index < -0.39 is 5.41 Å². The molecule has 2 amide bonds. The summed E-state index contributed by atoms with van der Waals surface area (Å²) in [7, 11) is 0. The van der Waals surface area contributed by atoms with E-state index in [4.69, 9.17) is 0 Å². The van der Waals surface area contributed by atoms with Crippen molar-refractivity contribution in [3.63, 3.8) is 0 Å². The van der Waals surface area contributed by atoms with Crippen LogP contribution in [0, 0.1) is 5.41 Å². The molecule has 2 rings (SSSR count). The summed E-state index contributed by atoms with van der Waals surface area (Å²) in [4.78, 5) is 28.0. The fourth-order valence-corrected chi connectivity index (χ4v) is 1.69. The zero-order chi connectivity index (χ0) is 16.2. The minimum atomic E-state index is -0.477. The number of hydrogen-bond acceptors (Lipinski definition) is 3. The Morgan fingerprint density at radius 3 is 2.27 bits per heavy atom. The number of aromatic nitrogens is 1. The number of nitrogens with zero attached hydrogens (tertiary/aromatic N) is 1. The van der Waals surface area contributed by atoms with Crippen LogP contribution in [0.3, 0.4) is 0 Å². The molecule has 1 aromatic carbocycles. The second kappa shape index (κ2) is 6.39. The molecule has 0 bridgehead atoms. The zero-order valence-electron chi connectivity index (χ0n) is 12.9. The van der Waals surface area contributed by atoms with Gasteiger partial charge in [-0.05, 0) is 30.3 Å². The van der Waals surface area contributed by atoms with Gasteiger partial charge in [0, 0.05) is 29.2 Å². The van der Waals surface area contributed by atoms with E-state index in [0.29, 0.717) is 16.9 Å². The van der Waals surface area contributed by atoms with Gasteiger partial charge in [0.15, 0.2) is 0 Å². The molecule has 0 fully saturated rings. The van der Waals surface area contributed by atoms with Crippen molar-refractivity contribution in [3.8, 4) is 0 Å². The summed E-state index contributed by atoms with van der Waals surface area (Å²) < 4.78 is 0. The number of pyridine rings is 1. The van der Waals surface area contributed by atoms with Crippen molar-refractivity contribution in [3.05, 3.63) is 54.4 Å². The molecule has 2 N–H and O–H groups in total. The Morgan fingerprint density at radius 1 is 1.00 bits per heavy atom. The van der Waals surface area contributed by atoms with Crippen molar-refractivity contribution in [1.82, 2.24) is 4.98 Å². The van der Waals surface area contributed by atoms with Gasteiger partial charge in [-0.15, -0.1) is 0 Å². The molecule has 114 valence electrons. The Bertz CT molecular complexity index is 676. The summed E-state index contributed by atoms with van der Waals surface area (Å²) in [5, 5.41) is 5.61. The summed E-state index contributed by atoms with van der Waals surface area (Å²) in [5.41, 5.74) is 1.26. The first-order valence-corrected chi connectivity index (χ1v) is 6.99. The van der Waals surface area contributed by atoms with Crippen molar-refractivity contribution in [2.45, 2.75) is 20.8 Å². The van der Waals surface area contributed by atoms with E-state index in [2.05, 4.69) is 15.6 Å². The second-order valence-corrected chi connectivity index (χ2v) is 5.98. The third kappa shape index (κ3) is 4.15. The molecule has 5 nitrogen and oxygen atoms in total. The normalized spacial score (nSPS) is 10.9. The van der Waals surface area contributed by atoms with E-state index >= 15 is 0 Å². The lowest BCUT2D eigenvalue weighted by Gasteiger charge is -2.18. The summed E-state index contributed by atoms with van der Waals surface area (Å²) in [5.74, 6) is -0.323. The van der Waals surface area contributed by atoms with Crippen LogP contribution in [0.25, 0.3) is 0 Å². The van der Waals surface area contributed by atoms with E-state index in [-0.39, 0.29) is 11.8 Å². The molecule has 5 heteroatoms. The molecule has 2 aromatic rings. The molecule has 0 aliphatic rings. The number of carbonyl (C=O) groups excluding carboxylic acids is 2. The minimum absolute atomic E-state index is 0.0803. The molecule has 0 atom stereocenters. The van der Waals surface area contributed by atoms with Gasteiger partial charge in [0.05, 0.1) is 5.56 Å². The van der Waals surface area contributed by atoms with Crippen molar-refractivity contribution >= 4 is 23.2 Å². The SMILES string of the molecule is CC(C)(C)C(=O)Nc1cccc(NC(=O)c2cccnc2)c1. The van der Waals surface area contributed by atoms with Crippen molar-refractivity contribution < 1.29 is 9.59 Å². The lowest BCUT2D eigenvalue weighted by molar-refractivity contribution is -0.123. The van der Waals surface area contributed by atoms with Crippen molar-refractivity contribution in [2.75, 3.05) is 10.6 Å². The van der Waals surface area contributed by atoms with Gasteiger partial charge in [0.1, 0.15) is 0 Å². The van der Waals surface area contributed by atoms with E-state index in [0.717, 1.165) is 0 Å². The first-order valence-electron chi connectivity index (χ1n) is 6.99. The lowest BCUT2D eigenvalue weighted by Crippen LogP contribution is -2.27. The van der Waals surface area contributed by atoms with Crippen LogP contribution in [-0.4, -0.2) is 16.8 Å². The summed E-state index contributed by atoms with van der Waals surface area (Å²) >= 11 is 0. The number of benzene rings is 1. The molecule has 0 unspecified atom stereocenters. The van der Waals surface area contributed by atoms with E-state index in [1.54, 1.807) is 42.6 Å². The van der Waals surface area contributed by atoms with Gasteiger partial charge in [-0.1, -0.05) is 26.8 Å². The van der Waals surface area contributed by atoms with Crippen LogP contribution in [0.5, 0.6) is 0 Å². The molecule has 0 saturated heterocycles. The van der Waals surface area contributed by atoms with Crippen LogP contribution >= 0.6 is 0 Å². The second-order valence-electron chi connectivity index (χ2n) is 5.98. The van der Waals surface area contributed by atoms with Crippen LogP contribution in [0.2, 0.25) is 0 Å². The van der Waals surface area contributed by atoms with Crippen LogP contribution in [0.15, 0.2) is 48.8 Å². The van der Waals surface area contributed by atoms with Gasteiger partial charge >= 0.3 is 0 Å². The molecular weight excluding hydrogens is 278 g/mol. The average molecular weight is 297 g/mol. The molecular formula is C17H19N3O2. The fraction of sp³-hybridized carbons (Fsp3) is 0.235. The minimum Gasteiger partial charge on any atom is -0.326 e. The molecule has 22 heavy (non-hydrogen) atoms. The average Bonchev–Trinajstić information content (AvgIpc) is 2.47. The number of anilines is 2. The molecule has 0 radical (unpaired) electrons. The maximum atomic E-state index is 12.1. The van der Waals surface area contributed by atoms with Gasteiger partial charge < -0.3 is 10.6 Å². The number of rotatable bonds is 3. The van der Waals surface area contributed by atoms with Gasteiger partial charge in [-0.2, -0.15) is 0 Å². The Hall–Kier alpha value is -2.69. The van der Waals surface area contributed by atoms with Crippen molar-refractivity contribution in [2.24, 2.45) is 5.41 Å². The van der Waals surface area contributed by atoms with Crippen LogP contribution in [-0.2, 0) is 4.79 Å². The first-order chi connectivity index (χ1) is 10.4. The molecule has 1 heterocycles. The Morgan fingerprint density at radius 2 is 1.68 bits per heavy atom. The predicted molar refractivity (Wildman–Crippen MR) is 86.7 cm³/mol. The lowest BCUT2D eigenvalue weighted by atomic mass is 9.95. The quantitative estimate of drug-likeness (QED) is 0.913. The van der Waals surface area contributed by atoms with Crippen molar-refractivity contribution in [1.29, 1.82) is 0 Å². The number of hydrogen-bond donors (Lipinski definition) is 2. The molecule has 0 aliphatic carbocycles. The van der Waals surface area contributed by atoms with Gasteiger partial charge in [0.25, 0.3) is 5.91 Å². The highest BCUT2D eigenvalue weighted by Crippen LogP contribution is 2.20. The molecule has 0 saturated carbocycles. The number of amides is 2. The fourth-order valence-electron chi connectivity index (χ4n) is 1.69. The molecule has 0 spiro atoms. The third-order valence-corrected chi connectivity index (χ3v) is 2.98. The largest absolute Gasteiger partial charge is 0.326 e. The molecule has 1 aromatic heterocycles. The monoisotopic (exact) mass is 297 g/mol. The topological polar surface area (TPSA) is 71.1 Å². The highest BCUT2D eigenvalue weighted by molar-refractivity contribution is 6.04. The van der Waals surface area contributed by atoms with Gasteiger partial charge in [0.2, 0.25) is 5.91 Å². The maximum Gasteiger partial charge on any atom is 0.257 e. The predicted octanol–water partition coefficient (Wildman–Crippen LogP) is 3.32. The maximum absolute atomic E-state index is 12.1.